The smallest absolute Gasteiger partial charge is 0.223 e. The summed E-state index contributed by atoms with van der Waals surface area (Å²) in [6.07, 6.45) is 1.71. The monoisotopic (exact) mass is 363 g/mol. The highest BCUT2D eigenvalue weighted by molar-refractivity contribution is 5.65. The maximum Gasteiger partial charge on any atom is 0.223 e. The molecule has 0 bridgehead atoms. The van der Waals surface area contributed by atoms with Crippen LogP contribution in [0.5, 0.6) is 0 Å². The molecule has 1 aliphatic rings. The van der Waals surface area contributed by atoms with Crippen molar-refractivity contribution in [3.05, 3.63) is 54.7 Å². The third-order valence-corrected chi connectivity index (χ3v) is 4.18. The number of anilines is 6. The Morgan fingerprint density at radius 3 is 2.33 bits per heavy atom. The number of nitrogens with one attached hydrogen (secondary N) is 2. The molecule has 138 valence electrons. The highest BCUT2D eigenvalue weighted by Gasteiger charge is 2.11. The van der Waals surface area contributed by atoms with Gasteiger partial charge in [-0.25, -0.2) is 4.98 Å². The van der Waals surface area contributed by atoms with Gasteiger partial charge in [0.05, 0.1) is 13.2 Å². The minimum Gasteiger partial charge on any atom is -0.378 e. The molecule has 0 saturated carbocycles. The van der Waals surface area contributed by atoms with Crippen molar-refractivity contribution < 1.29 is 4.74 Å². The molecule has 27 heavy (non-hydrogen) atoms. The third kappa shape index (κ3) is 4.42. The van der Waals surface area contributed by atoms with E-state index in [4.69, 9.17) is 10.5 Å². The van der Waals surface area contributed by atoms with E-state index in [1.165, 1.54) is 5.69 Å². The van der Waals surface area contributed by atoms with Crippen molar-refractivity contribution in [2.45, 2.75) is 0 Å². The molecule has 1 aromatic carbocycles. The minimum atomic E-state index is 0.184. The Balaban J connectivity index is 1.47. The first-order chi connectivity index (χ1) is 13.3. The van der Waals surface area contributed by atoms with E-state index < -0.39 is 0 Å². The molecule has 1 fully saturated rings. The zero-order chi connectivity index (χ0) is 18.5. The number of morpholine rings is 1. The van der Waals surface area contributed by atoms with Crippen LogP contribution >= 0.6 is 0 Å². The van der Waals surface area contributed by atoms with Crippen molar-refractivity contribution in [1.29, 1.82) is 0 Å². The predicted octanol–water partition coefficient (Wildman–Crippen LogP) is 2.78. The average Bonchev–Trinajstić information content (AvgIpc) is 2.70. The van der Waals surface area contributed by atoms with E-state index >= 15 is 0 Å². The number of nitrogen functional groups attached to an aromatic ring is 1. The second kappa shape index (κ2) is 7.88. The lowest BCUT2D eigenvalue weighted by atomic mass is 10.2. The number of nitrogens with two attached hydrogens (primary N) is 1. The largest absolute Gasteiger partial charge is 0.378 e. The van der Waals surface area contributed by atoms with E-state index in [0.717, 1.165) is 32.0 Å². The first-order valence-electron chi connectivity index (χ1n) is 8.79. The topological polar surface area (TPSA) is 101 Å². The molecule has 4 N–H and O–H groups in total. The van der Waals surface area contributed by atoms with Gasteiger partial charge in [0.1, 0.15) is 17.5 Å². The van der Waals surface area contributed by atoms with Crippen LogP contribution in [0.1, 0.15) is 0 Å². The number of pyridine rings is 1. The van der Waals surface area contributed by atoms with Crippen LogP contribution in [0.2, 0.25) is 0 Å². The second-order valence-corrected chi connectivity index (χ2v) is 6.11. The molecule has 8 nitrogen and oxygen atoms in total. The van der Waals surface area contributed by atoms with E-state index in [0.29, 0.717) is 17.5 Å². The Hall–Kier alpha value is -3.39. The van der Waals surface area contributed by atoms with Crippen LogP contribution < -0.4 is 21.3 Å². The normalized spacial score (nSPS) is 14.0. The van der Waals surface area contributed by atoms with Crippen LogP contribution in [-0.4, -0.2) is 41.3 Å². The van der Waals surface area contributed by atoms with Gasteiger partial charge >= 0.3 is 0 Å². The van der Waals surface area contributed by atoms with Gasteiger partial charge in [0.25, 0.3) is 0 Å². The van der Waals surface area contributed by atoms with E-state index in [2.05, 4.69) is 42.6 Å². The van der Waals surface area contributed by atoms with Gasteiger partial charge in [-0.3, -0.25) is 0 Å². The van der Waals surface area contributed by atoms with Crippen molar-refractivity contribution in [3.63, 3.8) is 0 Å². The number of hydrogen-bond acceptors (Lipinski definition) is 8. The zero-order valence-corrected chi connectivity index (χ0v) is 14.8. The Labute approximate surface area is 157 Å². The summed E-state index contributed by atoms with van der Waals surface area (Å²) in [5.41, 5.74) is 7.96. The maximum atomic E-state index is 5.85. The highest BCUT2D eigenvalue weighted by atomic mass is 16.5. The summed E-state index contributed by atoms with van der Waals surface area (Å²) in [7, 11) is 0. The summed E-state index contributed by atoms with van der Waals surface area (Å²) in [5.74, 6) is 2.06. The highest BCUT2D eigenvalue weighted by Crippen LogP contribution is 2.23. The standard InChI is InChI=1S/C19H21N7O/c20-19-24-17(13-18(25-19)23-16-3-1-2-8-21-16)22-14-4-6-15(7-5-14)26-9-11-27-12-10-26/h1-8,13H,9-12H2,(H4,20,21,22,23,24,25). The van der Waals surface area contributed by atoms with Gasteiger partial charge in [-0.15, -0.1) is 0 Å². The van der Waals surface area contributed by atoms with E-state index in [1.54, 1.807) is 12.3 Å². The minimum absolute atomic E-state index is 0.184. The van der Waals surface area contributed by atoms with Gasteiger partial charge in [-0.05, 0) is 36.4 Å². The van der Waals surface area contributed by atoms with Crippen LogP contribution in [0.15, 0.2) is 54.7 Å². The molecular formula is C19H21N7O. The van der Waals surface area contributed by atoms with Crippen LogP contribution in [0.4, 0.5) is 34.8 Å². The molecular weight excluding hydrogens is 342 g/mol. The van der Waals surface area contributed by atoms with Crippen molar-refractivity contribution in [2.24, 2.45) is 0 Å². The molecule has 0 radical (unpaired) electrons. The van der Waals surface area contributed by atoms with Gasteiger partial charge in [0.2, 0.25) is 5.95 Å². The molecule has 3 aromatic rings. The number of rotatable bonds is 5. The Bertz CT molecular complexity index is 880. The quantitative estimate of drug-likeness (QED) is 0.636. The summed E-state index contributed by atoms with van der Waals surface area (Å²) in [4.78, 5) is 15.0. The van der Waals surface area contributed by atoms with Crippen molar-refractivity contribution in [1.82, 2.24) is 15.0 Å². The van der Waals surface area contributed by atoms with Gasteiger partial charge in [-0.2, -0.15) is 9.97 Å². The van der Waals surface area contributed by atoms with Crippen LogP contribution in [-0.2, 0) is 4.74 Å². The average molecular weight is 363 g/mol. The molecule has 0 atom stereocenters. The van der Waals surface area contributed by atoms with Gasteiger partial charge in [0.15, 0.2) is 0 Å². The molecule has 0 spiro atoms. The van der Waals surface area contributed by atoms with Gasteiger partial charge < -0.3 is 26.0 Å². The molecule has 1 saturated heterocycles. The Morgan fingerprint density at radius 2 is 1.63 bits per heavy atom. The number of ether oxygens (including phenoxy) is 1. The lowest BCUT2D eigenvalue weighted by molar-refractivity contribution is 0.122. The molecule has 3 heterocycles. The lowest BCUT2D eigenvalue weighted by Crippen LogP contribution is -2.36. The summed E-state index contributed by atoms with van der Waals surface area (Å²) in [6, 6.07) is 15.6. The summed E-state index contributed by atoms with van der Waals surface area (Å²) in [5, 5.41) is 6.39. The second-order valence-electron chi connectivity index (χ2n) is 6.11. The summed E-state index contributed by atoms with van der Waals surface area (Å²) >= 11 is 0. The Kier molecular flexibility index (Phi) is 4.97. The number of hydrogen-bond donors (Lipinski definition) is 3. The van der Waals surface area contributed by atoms with E-state index in [1.807, 2.05) is 30.3 Å². The van der Waals surface area contributed by atoms with Crippen LogP contribution in [0.3, 0.4) is 0 Å². The van der Waals surface area contributed by atoms with E-state index in [-0.39, 0.29) is 5.95 Å². The fourth-order valence-corrected chi connectivity index (χ4v) is 2.89. The van der Waals surface area contributed by atoms with E-state index in [9.17, 15) is 0 Å². The zero-order valence-electron chi connectivity index (χ0n) is 14.8. The lowest BCUT2D eigenvalue weighted by Gasteiger charge is -2.28. The van der Waals surface area contributed by atoms with Gasteiger partial charge in [0, 0.05) is 36.7 Å². The first kappa shape index (κ1) is 17.0. The molecule has 0 aliphatic carbocycles. The fraction of sp³-hybridized carbons (Fsp3) is 0.211. The van der Waals surface area contributed by atoms with Crippen molar-refractivity contribution >= 4 is 34.8 Å². The molecule has 1 aliphatic heterocycles. The van der Waals surface area contributed by atoms with Gasteiger partial charge in [-0.1, -0.05) is 6.07 Å². The third-order valence-electron chi connectivity index (χ3n) is 4.18. The van der Waals surface area contributed by atoms with Crippen LogP contribution in [0.25, 0.3) is 0 Å². The Morgan fingerprint density at radius 1 is 0.889 bits per heavy atom. The summed E-state index contributed by atoms with van der Waals surface area (Å²) < 4.78 is 5.40. The number of nitrogens with zero attached hydrogens (tertiary/aromatic N) is 4. The van der Waals surface area contributed by atoms with Crippen molar-refractivity contribution in [3.8, 4) is 0 Å². The molecule has 0 unspecified atom stereocenters. The summed E-state index contributed by atoms with van der Waals surface area (Å²) in [6.45, 7) is 3.37. The number of aromatic nitrogens is 3. The molecule has 8 heteroatoms. The predicted molar refractivity (Wildman–Crippen MR) is 107 cm³/mol. The SMILES string of the molecule is Nc1nc(Nc2ccc(N3CCOCC3)cc2)cc(Nc2ccccn2)n1. The van der Waals surface area contributed by atoms with Crippen LogP contribution in [0, 0.1) is 0 Å². The van der Waals surface area contributed by atoms with Crippen molar-refractivity contribution in [2.75, 3.05) is 47.6 Å². The molecule has 2 aromatic heterocycles. The maximum absolute atomic E-state index is 5.85. The first-order valence-corrected chi connectivity index (χ1v) is 8.79. The number of benzene rings is 1. The fourth-order valence-electron chi connectivity index (χ4n) is 2.89. The molecule has 4 rings (SSSR count). The molecule has 0 amide bonds.